The van der Waals surface area contributed by atoms with Crippen molar-refractivity contribution in [3.63, 3.8) is 0 Å². The molecule has 0 fully saturated rings. The summed E-state index contributed by atoms with van der Waals surface area (Å²) in [6.07, 6.45) is 2.93. The van der Waals surface area contributed by atoms with Crippen LogP contribution in [0.1, 0.15) is 10.4 Å². The highest BCUT2D eigenvalue weighted by molar-refractivity contribution is 6.04. The second-order valence-corrected chi connectivity index (χ2v) is 2.49. The monoisotopic (exact) mass is 179 g/mol. The summed E-state index contributed by atoms with van der Waals surface area (Å²) < 4.78 is 12.5. The lowest BCUT2D eigenvalue weighted by molar-refractivity contribution is 0.104. The van der Waals surface area contributed by atoms with Crippen LogP contribution in [0.15, 0.2) is 36.5 Å². The van der Waals surface area contributed by atoms with Crippen LogP contribution in [0.25, 0.3) is 0 Å². The predicted octanol–water partition coefficient (Wildman–Crippen LogP) is 1.74. The summed E-state index contributed by atoms with van der Waals surface area (Å²) in [5, 5.41) is 2.70. The minimum atomic E-state index is -0.339. The maximum atomic E-state index is 12.5. The van der Waals surface area contributed by atoms with Crippen LogP contribution in [0.3, 0.4) is 0 Å². The van der Waals surface area contributed by atoms with E-state index in [0.29, 0.717) is 5.56 Å². The van der Waals surface area contributed by atoms with Gasteiger partial charge in [0.2, 0.25) is 0 Å². The minimum Gasteiger partial charge on any atom is -0.394 e. The van der Waals surface area contributed by atoms with E-state index in [1.54, 1.807) is 7.05 Å². The van der Waals surface area contributed by atoms with Gasteiger partial charge in [0.25, 0.3) is 0 Å². The van der Waals surface area contributed by atoms with Gasteiger partial charge in [-0.05, 0) is 24.3 Å². The molecule has 1 rings (SSSR count). The van der Waals surface area contributed by atoms with Crippen LogP contribution in [0, 0.1) is 5.82 Å². The van der Waals surface area contributed by atoms with Gasteiger partial charge in [0.15, 0.2) is 5.78 Å². The molecular formula is C10H10FNO. The molecule has 0 spiro atoms. The molecule has 0 saturated heterocycles. The Morgan fingerprint density at radius 1 is 1.38 bits per heavy atom. The molecule has 13 heavy (non-hydrogen) atoms. The van der Waals surface area contributed by atoms with Crippen molar-refractivity contribution in [3.05, 3.63) is 47.9 Å². The topological polar surface area (TPSA) is 29.1 Å². The number of halogens is 1. The molecule has 0 amide bonds. The number of benzene rings is 1. The van der Waals surface area contributed by atoms with Crippen molar-refractivity contribution in [3.8, 4) is 0 Å². The number of hydrogen-bond donors (Lipinski definition) is 1. The zero-order chi connectivity index (χ0) is 9.68. The van der Waals surface area contributed by atoms with Crippen LogP contribution in [-0.2, 0) is 0 Å². The average molecular weight is 179 g/mol. The first-order valence-electron chi connectivity index (χ1n) is 3.88. The highest BCUT2D eigenvalue weighted by atomic mass is 19.1. The molecule has 3 heteroatoms. The third kappa shape index (κ3) is 2.71. The van der Waals surface area contributed by atoms with Crippen LogP contribution in [0.2, 0.25) is 0 Å². The lowest BCUT2D eigenvalue weighted by atomic mass is 10.1. The molecule has 0 bridgehead atoms. The lowest BCUT2D eigenvalue weighted by Gasteiger charge is -1.94. The van der Waals surface area contributed by atoms with Gasteiger partial charge < -0.3 is 5.32 Å². The lowest BCUT2D eigenvalue weighted by Crippen LogP contribution is -1.98. The Labute approximate surface area is 76.1 Å². The van der Waals surface area contributed by atoms with E-state index in [1.807, 2.05) is 0 Å². The van der Waals surface area contributed by atoms with E-state index in [-0.39, 0.29) is 11.6 Å². The number of nitrogens with one attached hydrogen (secondary N) is 1. The Bertz CT molecular complexity index is 316. The molecule has 1 aromatic carbocycles. The normalized spacial score (nSPS) is 10.3. The van der Waals surface area contributed by atoms with E-state index < -0.39 is 0 Å². The summed E-state index contributed by atoms with van der Waals surface area (Å²) in [5.41, 5.74) is 0.480. The largest absolute Gasteiger partial charge is 0.394 e. The molecule has 0 aliphatic rings. The summed E-state index contributed by atoms with van der Waals surface area (Å²) in [5.74, 6) is -0.483. The van der Waals surface area contributed by atoms with E-state index in [9.17, 15) is 9.18 Å². The average Bonchev–Trinajstić information content (AvgIpc) is 2.15. The van der Waals surface area contributed by atoms with Crippen LogP contribution in [0.5, 0.6) is 0 Å². The molecule has 1 N–H and O–H groups in total. The van der Waals surface area contributed by atoms with E-state index in [1.165, 1.54) is 36.5 Å². The van der Waals surface area contributed by atoms with Crippen LogP contribution in [0.4, 0.5) is 4.39 Å². The highest BCUT2D eigenvalue weighted by Gasteiger charge is 2.00. The summed E-state index contributed by atoms with van der Waals surface area (Å²) in [6, 6.07) is 5.44. The highest BCUT2D eigenvalue weighted by Crippen LogP contribution is 2.03. The van der Waals surface area contributed by atoms with E-state index in [4.69, 9.17) is 0 Å². The number of allylic oxidation sites excluding steroid dienone is 1. The summed E-state index contributed by atoms with van der Waals surface area (Å²) >= 11 is 0. The Kier molecular flexibility index (Phi) is 3.20. The molecule has 1 aromatic rings. The van der Waals surface area contributed by atoms with Crippen molar-refractivity contribution >= 4 is 5.78 Å². The van der Waals surface area contributed by atoms with Gasteiger partial charge in [-0.2, -0.15) is 0 Å². The molecule has 0 saturated carbocycles. The predicted molar refractivity (Wildman–Crippen MR) is 48.9 cm³/mol. The molecular weight excluding hydrogens is 169 g/mol. The van der Waals surface area contributed by atoms with Gasteiger partial charge in [-0.1, -0.05) is 0 Å². The van der Waals surface area contributed by atoms with E-state index in [2.05, 4.69) is 5.32 Å². The Morgan fingerprint density at radius 3 is 2.54 bits per heavy atom. The van der Waals surface area contributed by atoms with Gasteiger partial charge in [-0.15, -0.1) is 0 Å². The summed E-state index contributed by atoms with van der Waals surface area (Å²) in [7, 11) is 1.70. The number of rotatable bonds is 3. The number of ketones is 1. The van der Waals surface area contributed by atoms with Crippen molar-refractivity contribution in [1.82, 2.24) is 5.32 Å². The third-order valence-corrected chi connectivity index (χ3v) is 1.53. The molecule has 0 aromatic heterocycles. The molecule has 2 nitrogen and oxygen atoms in total. The molecule has 0 radical (unpaired) electrons. The first-order valence-corrected chi connectivity index (χ1v) is 3.88. The number of carbonyl (C=O) groups excluding carboxylic acids is 1. The van der Waals surface area contributed by atoms with Gasteiger partial charge in [0.05, 0.1) is 0 Å². The molecule has 0 aliphatic heterocycles. The van der Waals surface area contributed by atoms with Gasteiger partial charge in [-0.25, -0.2) is 4.39 Å². The second-order valence-electron chi connectivity index (χ2n) is 2.49. The fourth-order valence-corrected chi connectivity index (χ4v) is 0.869. The minimum absolute atomic E-state index is 0.144. The Balaban J connectivity index is 2.78. The molecule has 0 atom stereocenters. The van der Waals surface area contributed by atoms with Crippen molar-refractivity contribution in [2.24, 2.45) is 0 Å². The molecule has 68 valence electrons. The van der Waals surface area contributed by atoms with Gasteiger partial charge in [0, 0.05) is 24.9 Å². The van der Waals surface area contributed by atoms with Crippen LogP contribution < -0.4 is 5.32 Å². The maximum absolute atomic E-state index is 12.5. The Hall–Kier alpha value is -1.64. The number of carbonyl (C=O) groups is 1. The zero-order valence-corrected chi connectivity index (χ0v) is 7.25. The first kappa shape index (κ1) is 9.45. The first-order chi connectivity index (χ1) is 6.24. The van der Waals surface area contributed by atoms with Crippen LogP contribution >= 0.6 is 0 Å². The maximum Gasteiger partial charge on any atom is 0.187 e. The standard InChI is InChI=1S/C10H10FNO/c1-12-7-6-10(13)8-2-4-9(11)5-3-8/h2-7,12H,1H3/b7-6-. The van der Waals surface area contributed by atoms with Crippen molar-refractivity contribution in [2.75, 3.05) is 7.05 Å². The van der Waals surface area contributed by atoms with Gasteiger partial charge in [-0.3, -0.25) is 4.79 Å². The van der Waals surface area contributed by atoms with Crippen molar-refractivity contribution in [1.29, 1.82) is 0 Å². The second kappa shape index (κ2) is 4.40. The van der Waals surface area contributed by atoms with Crippen LogP contribution in [-0.4, -0.2) is 12.8 Å². The SMILES string of the molecule is CN/C=C\C(=O)c1ccc(F)cc1. The van der Waals surface area contributed by atoms with E-state index in [0.717, 1.165) is 0 Å². The molecule has 0 aliphatic carbocycles. The molecule has 0 heterocycles. The molecule has 0 unspecified atom stereocenters. The fourth-order valence-electron chi connectivity index (χ4n) is 0.869. The van der Waals surface area contributed by atoms with Gasteiger partial charge >= 0.3 is 0 Å². The Morgan fingerprint density at radius 2 is 2.00 bits per heavy atom. The third-order valence-electron chi connectivity index (χ3n) is 1.53. The number of hydrogen-bond acceptors (Lipinski definition) is 2. The van der Waals surface area contributed by atoms with Gasteiger partial charge in [0.1, 0.15) is 5.82 Å². The smallest absolute Gasteiger partial charge is 0.187 e. The summed E-state index contributed by atoms with van der Waals surface area (Å²) in [4.78, 5) is 11.3. The van der Waals surface area contributed by atoms with E-state index >= 15 is 0 Å². The quantitative estimate of drug-likeness (QED) is 0.565. The zero-order valence-electron chi connectivity index (χ0n) is 7.25. The fraction of sp³-hybridized carbons (Fsp3) is 0.100. The van der Waals surface area contributed by atoms with Crippen molar-refractivity contribution in [2.45, 2.75) is 0 Å². The van der Waals surface area contributed by atoms with Crippen molar-refractivity contribution < 1.29 is 9.18 Å². The summed E-state index contributed by atoms with van der Waals surface area (Å²) in [6.45, 7) is 0.